The van der Waals surface area contributed by atoms with E-state index >= 15 is 0 Å². The smallest absolute Gasteiger partial charge is 0.306 e. The predicted molar refractivity (Wildman–Crippen MR) is 111 cm³/mol. The van der Waals surface area contributed by atoms with E-state index in [9.17, 15) is 20.1 Å². The lowest BCUT2D eigenvalue weighted by Crippen LogP contribution is -2.22. The van der Waals surface area contributed by atoms with Gasteiger partial charge in [-0.1, -0.05) is 67.2 Å². The van der Waals surface area contributed by atoms with Crippen molar-refractivity contribution < 1.29 is 20.1 Å². The quantitative estimate of drug-likeness (QED) is 0.338. The number of carbonyl (C=O) groups is 1. The highest BCUT2D eigenvalue weighted by atomic mass is 16.4. The molecule has 0 radical (unpaired) electrons. The highest BCUT2D eigenvalue weighted by molar-refractivity contribution is 5.69. The van der Waals surface area contributed by atoms with Crippen molar-refractivity contribution in [2.75, 3.05) is 0 Å². The molecule has 1 atom stereocenters. The van der Waals surface area contributed by atoms with Gasteiger partial charge in [0.25, 0.3) is 0 Å². The van der Waals surface area contributed by atoms with Crippen LogP contribution in [0.1, 0.15) is 97.6 Å². The average molecular weight is 379 g/mol. The van der Waals surface area contributed by atoms with Crippen LogP contribution >= 0.6 is 0 Å². The van der Waals surface area contributed by atoms with Crippen LogP contribution in [-0.2, 0) is 15.6 Å². The summed E-state index contributed by atoms with van der Waals surface area (Å²) < 4.78 is 0. The number of hydrogen-bond donors (Lipinski definition) is 3. The second-order valence-corrected chi connectivity index (χ2v) is 9.44. The van der Waals surface area contributed by atoms with Gasteiger partial charge in [0.05, 0.1) is 5.92 Å². The molecule has 4 nitrogen and oxygen atoms in total. The molecule has 0 spiro atoms. The minimum absolute atomic E-state index is 0.164. The molecule has 1 aromatic rings. The maximum atomic E-state index is 11.6. The maximum absolute atomic E-state index is 11.6. The van der Waals surface area contributed by atoms with Crippen molar-refractivity contribution in [3.05, 3.63) is 23.3 Å². The maximum Gasteiger partial charge on any atom is 0.306 e. The first-order valence-corrected chi connectivity index (χ1v) is 10.2. The molecular formula is C23H38O4. The van der Waals surface area contributed by atoms with Gasteiger partial charge in [0, 0.05) is 11.1 Å². The van der Waals surface area contributed by atoms with Gasteiger partial charge in [0.2, 0.25) is 0 Å². The molecule has 0 heterocycles. The number of aliphatic carboxylic acids is 1. The van der Waals surface area contributed by atoms with Crippen molar-refractivity contribution in [3.63, 3.8) is 0 Å². The van der Waals surface area contributed by atoms with Crippen LogP contribution < -0.4 is 0 Å². The lowest BCUT2D eigenvalue weighted by atomic mass is 9.76. The number of carboxylic acids is 1. The summed E-state index contributed by atoms with van der Waals surface area (Å²) in [5, 5.41) is 30.5. The first-order chi connectivity index (χ1) is 12.4. The fourth-order valence-electron chi connectivity index (χ4n) is 3.60. The molecule has 0 saturated carbocycles. The van der Waals surface area contributed by atoms with E-state index in [4.69, 9.17) is 0 Å². The largest absolute Gasteiger partial charge is 0.508 e. The summed E-state index contributed by atoms with van der Waals surface area (Å²) in [5.74, 6) is -0.751. The Morgan fingerprint density at radius 1 is 0.926 bits per heavy atom. The third kappa shape index (κ3) is 6.75. The molecule has 0 bridgehead atoms. The predicted octanol–water partition coefficient (Wildman–Crippen LogP) is 6.12. The van der Waals surface area contributed by atoms with E-state index in [0.717, 1.165) is 25.7 Å². The minimum atomic E-state index is -0.738. The summed E-state index contributed by atoms with van der Waals surface area (Å²) in [6.45, 7) is 12.1. The van der Waals surface area contributed by atoms with E-state index in [-0.39, 0.29) is 22.8 Å². The van der Waals surface area contributed by atoms with Gasteiger partial charge in [0.15, 0.2) is 0 Å². The van der Waals surface area contributed by atoms with Gasteiger partial charge in [-0.3, -0.25) is 4.79 Å². The van der Waals surface area contributed by atoms with Crippen molar-refractivity contribution in [1.29, 1.82) is 0 Å². The van der Waals surface area contributed by atoms with Crippen molar-refractivity contribution in [3.8, 4) is 11.5 Å². The second kappa shape index (κ2) is 9.48. The van der Waals surface area contributed by atoms with Crippen LogP contribution in [0.2, 0.25) is 0 Å². The van der Waals surface area contributed by atoms with Crippen LogP contribution in [0.15, 0.2) is 12.1 Å². The zero-order valence-electron chi connectivity index (χ0n) is 17.9. The lowest BCUT2D eigenvalue weighted by molar-refractivity contribution is -0.142. The molecule has 0 aliphatic heterocycles. The third-order valence-corrected chi connectivity index (χ3v) is 5.52. The van der Waals surface area contributed by atoms with Crippen molar-refractivity contribution in [2.24, 2.45) is 5.92 Å². The molecule has 0 amide bonds. The molecule has 154 valence electrons. The summed E-state index contributed by atoms with van der Waals surface area (Å²) in [6.07, 6.45) is 6.20. The number of phenolic OH excluding ortho intramolecular Hbond substituents is 2. The number of unbranched alkanes of at least 4 members (excludes halogenated alkanes) is 3. The van der Waals surface area contributed by atoms with Crippen LogP contribution in [0, 0.1) is 5.92 Å². The third-order valence-electron chi connectivity index (χ3n) is 5.52. The Kier molecular flexibility index (Phi) is 8.19. The Bertz CT molecular complexity index is 626. The molecule has 1 aromatic carbocycles. The number of rotatable bonds is 10. The van der Waals surface area contributed by atoms with E-state index in [1.54, 1.807) is 12.1 Å². The number of hydrogen-bond acceptors (Lipinski definition) is 3. The number of carboxylic acid groups (broad SMARTS) is 1. The van der Waals surface area contributed by atoms with Crippen LogP contribution in [0.3, 0.4) is 0 Å². The van der Waals surface area contributed by atoms with Crippen LogP contribution in [0.5, 0.6) is 11.5 Å². The monoisotopic (exact) mass is 378 g/mol. The molecule has 27 heavy (non-hydrogen) atoms. The Morgan fingerprint density at radius 3 is 2.00 bits per heavy atom. The Labute approximate surface area is 164 Å². The summed E-state index contributed by atoms with van der Waals surface area (Å²) in [6, 6.07) is 3.29. The van der Waals surface area contributed by atoms with Crippen molar-refractivity contribution in [1.82, 2.24) is 0 Å². The fraction of sp³-hybridized carbons (Fsp3) is 0.696. The number of benzene rings is 1. The van der Waals surface area contributed by atoms with Gasteiger partial charge in [-0.15, -0.1) is 0 Å². The molecule has 4 heteroatoms. The van der Waals surface area contributed by atoms with Gasteiger partial charge in [-0.05, 0) is 42.2 Å². The van der Waals surface area contributed by atoms with Gasteiger partial charge in [-0.2, -0.15) is 0 Å². The second-order valence-electron chi connectivity index (χ2n) is 9.44. The topological polar surface area (TPSA) is 77.8 Å². The highest BCUT2D eigenvalue weighted by Gasteiger charge is 2.30. The first kappa shape index (κ1) is 23.3. The molecule has 0 fully saturated rings. The minimum Gasteiger partial charge on any atom is -0.508 e. The van der Waals surface area contributed by atoms with E-state index in [2.05, 4.69) is 6.92 Å². The zero-order valence-corrected chi connectivity index (χ0v) is 17.9. The Morgan fingerprint density at radius 2 is 1.48 bits per heavy atom. The standard InChI is InChI=1S/C23H38O4/c1-7-8-9-10-11-16(21(26)27)12-13-23(5,6)18-15-19(24)17(14-20(18)25)22(2,3)4/h14-16,24-25H,7-13H2,1-6H3,(H,26,27). The van der Waals surface area contributed by atoms with Crippen LogP contribution in [0.4, 0.5) is 0 Å². The molecule has 0 saturated heterocycles. The number of aromatic hydroxyl groups is 2. The summed E-state index contributed by atoms with van der Waals surface area (Å²) >= 11 is 0. The fourth-order valence-corrected chi connectivity index (χ4v) is 3.60. The van der Waals surface area contributed by atoms with E-state index < -0.39 is 11.4 Å². The van der Waals surface area contributed by atoms with E-state index in [0.29, 0.717) is 30.4 Å². The molecule has 0 aromatic heterocycles. The van der Waals surface area contributed by atoms with E-state index in [1.165, 1.54) is 0 Å². The summed E-state index contributed by atoms with van der Waals surface area (Å²) in [7, 11) is 0. The zero-order chi connectivity index (χ0) is 20.8. The molecule has 1 unspecified atom stereocenters. The molecule has 0 aliphatic carbocycles. The normalized spacial score (nSPS) is 13.6. The summed E-state index contributed by atoms with van der Waals surface area (Å²) in [4.78, 5) is 11.6. The van der Waals surface area contributed by atoms with Crippen molar-refractivity contribution in [2.45, 2.75) is 97.3 Å². The lowest BCUT2D eigenvalue weighted by Gasteiger charge is -2.30. The molecule has 3 N–H and O–H groups in total. The van der Waals surface area contributed by atoms with Crippen LogP contribution in [0.25, 0.3) is 0 Å². The molecule has 1 rings (SSSR count). The van der Waals surface area contributed by atoms with Crippen LogP contribution in [-0.4, -0.2) is 21.3 Å². The SMILES string of the molecule is CCCCCCC(CCC(C)(C)c1cc(O)c(C(C)(C)C)cc1O)C(=O)O. The molecular weight excluding hydrogens is 340 g/mol. The summed E-state index contributed by atoms with van der Waals surface area (Å²) in [5.41, 5.74) is 0.689. The van der Waals surface area contributed by atoms with Crippen molar-refractivity contribution >= 4 is 5.97 Å². The average Bonchev–Trinajstić information content (AvgIpc) is 2.54. The van der Waals surface area contributed by atoms with Gasteiger partial charge in [-0.25, -0.2) is 0 Å². The Balaban J connectivity index is 2.90. The van der Waals surface area contributed by atoms with Gasteiger partial charge < -0.3 is 15.3 Å². The number of phenols is 2. The highest BCUT2D eigenvalue weighted by Crippen LogP contribution is 2.42. The Hall–Kier alpha value is -1.71. The van der Waals surface area contributed by atoms with E-state index in [1.807, 2.05) is 34.6 Å². The van der Waals surface area contributed by atoms with Gasteiger partial charge >= 0.3 is 5.97 Å². The first-order valence-electron chi connectivity index (χ1n) is 10.2. The van der Waals surface area contributed by atoms with Gasteiger partial charge in [0.1, 0.15) is 11.5 Å². The molecule has 0 aliphatic rings.